The number of carbonyl (C=O) groups excluding carboxylic acids is 1. The third-order valence-electron chi connectivity index (χ3n) is 7.68. The van der Waals surface area contributed by atoms with Gasteiger partial charge < -0.3 is 15.2 Å². The molecular formula is C30H33F3N6O. The first kappa shape index (κ1) is 27.5. The van der Waals surface area contributed by atoms with Crippen LogP contribution >= 0.6 is 0 Å². The number of carbonyl (C=O) groups is 1. The zero-order chi connectivity index (χ0) is 28.7. The molecule has 2 aliphatic heterocycles. The van der Waals surface area contributed by atoms with Gasteiger partial charge in [0.05, 0.1) is 18.7 Å². The van der Waals surface area contributed by atoms with E-state index in [1.54, 1.807) is 11.1 Å². The maximum atomic E-state index is 14.1. The van der Waals surface area contributed by atoms with Crippen LogP contribution in [-0.4, -0.2) is 37.8 Å². The Kier molecular flexibility index (Phi) is 7.20. The van der Waals surface area contributed by atoms with Crippen molar-refractivity contribution < 1.29 is 18.0 Å². The lowest BCUT2D eigenvalue weighted by atomic mass is 9.83. The molecule has 1 aromatic heterocycles. The van der Waals surface area contributed by atoms with Crippen molar-refractivity contribution in [1.82, 2.24) is 19.4 Å². The zero-order valence-corrected chi connectivity index (χ0v) is 22.7. The fourth-order valence-corrected chi connectivity index (χ4v) is 5.42. The highest BCUT2D eigenvalue weighted by Gasteiger charge is 2.48. The van der Waals surface area contributed by atoms with Crippen LogP contribution in [0, 0.1) is 5.92 Å². The summed E-state index contributed by atoms with van der Waals surface area (Å²) in [7, 11) is 0. The highest BCUT2D eigenvalue weighted by Crippen LogP contribution is 2.40. The number of benzene rings is 2. The molecule has 0 bridgehead atoms. The molecule has 2 aromatic carbocycles. The van der Waals surface area contributed by atoms with E-state index in [4.69, 9.17) is 5.73 Å². The lowest BCUT2D eigenvalue weighted by Crippen LogP contribution is -2.42. The smallest absolute Gasteiger partial charge is 0.369 e. The molecule has 0 spiro atoms. The van der Waals surface area contributed by atoms with Gasteiger partial charge in [0.25, 0.3) is 5.91 Å². The Morgan fingerprint density at radius 2 is 1.90 bits per heavy atom. The first-order chi connectivity index (χ1) is 19.0. The summed E-state index contributed by atoms with van der Waals surface area (Å²) < 4.78 is 44.2. The number of amides is 1. The number of alkyl halides is 3. The summed E-state index contributed by atoms with van der Waals surface area (Å²) in [5.41, 5.74) is 5.86. The fraction of sp³-hybridized carbons (Fsp3) is 0.367. The number of hydrogen-bond acceptors (Lipinski definition) is 5. The van der Waals surface area contributed by atoms with Crippen LogP contribution in [0.4, 0.5) is 13.2 Å². The van der Waals surface area contributed by atoms with Crippen LogP contribution in [0.2, 0.25) is 0 Å². The number of guanidine groups is 1. The number of imidazole rings is 1. The normalized spacial score (nSPS) is 19.2. The molecule has 210 valence electrons. The molecule has 5 rings (SSSR count). The van der Waals surface area contributed by atoms with Gasteiger partial charge in [0.2, 0.25) is 0 Å². The topological polar surface area (TPSA) is 79.8 Å². The van der Waals surface area contributed by atoms with Crippen LogP contribution in [0.5, 0.6) is 0 Å². The first-order valence-corrected chi connectivity index (χ1v) is 13.4. The maximum absolute atomic E-state index is 14.1. The second-order valence-corrected chi connectivity index (χ2v) is 10.8. The third-order valence-corrected chi connectivity index (χ3v) is 7.68. The Bertz CT molecular complexity index is 1450. The predicted octanol–water partition coefficient (Wildman–Crippen LogP) is 5.38. The number of fused-ring (bicyclic) bond motifs is 1. The molecule has 1 unspecified atom stereocenters. The number of aromatic nitrogens is 2. The summed E-state index contributed by atoms with van der Waals surface area (Å²) >= 11 is 0. The molecule has 2 N–H and O–H groups in total. The van der Waals surface area contributed by atoms with Gasteiger partial charge in [-0.05, 0) is 42.0 Å². The molecule has 0 radical (unpaired) electrons. The van der Waals surface area contributed by atoms with Crippen molar-refractivity contribution in [1.29, 1.82) is 0 Å². The van der Waals surface area contributed by atoms with Gasteiger partial charge in [0, 0.05) is 36.7 Å². The summed E-state index contributed by atoms with van der Waals surface area (Å²) in [4.78, 5) is 26.1. The Morgan fingerprint density at radius 3 is 2.60 bits per heavy atom. The molecule has 3 aromatic rings. The van der Waals surface area contributed by atoms with Gasteiger partial charge >= 0.3 is 6.18 Å². The van der Waals surface area contributed by atoms with Gasteiger partial charge in [-0.3, -0.25) is 9.69 Å². The van der Waals surface area contributed by atoms with E-state index in [1.807, 2.05) is 41.1 Å². The van der Waals surface area contributed by atoms with Crippen LogP contribution in [0.3, 0.4) is 0 Å². The summed E-state index contributed by atoms with van der Waals surface area (Å²) in [6.07, 6.45) is 0.189. The minimum atomic E-state index is -4.58. The number of rotatable bonds is 8. The average Bonchev–Trinajstić information content (AvgIpc) is 3.49. The molecule has 1 atom stereocenters. The minimum Gasteiger partial charge on any atom is -0.369 e. The number of halogens is 3. The molecule has 40 heavy (non-hydrogen) atoms. The van der Waals surface area contributed by atoms with Crippen molar-refractivity contribution in [3.63, 3.8) is 0 Å². The second-order valence-electron chi connectivity index (χ2n) is 10.8. The van der Waals surface area contributed by atoms with Crippen molar-refractivity contribution in [2.24, 2.45) is 16.6 Å². The monoisotopic (exact) mass is 550 g/mol. The number of nitrogens with zero attached hydrogens (tertiary/aromatic N) is 5. The fourth-order valence-electron chi connectivity index (χ4n) is 5.42. The highest BCUT2D eigenvalue weighted by atomic mass is 19.4. The maximum Gasteiger partial charge on any atom is 0.417 e. The number of hydrogen-bond donors (Lipinski definition) is 1. The largest absolute Gasteiger partial charge is 0.417 e. The molecule has 7 nitrogen and oxygen atoms in total. The van der Waals surface area contributed by atoms with Crippen LogP contribution < -0.4 is 5.73 Å². The lowest BCUT2D eigenvalue weighted by Gasteiger charge is -2.32. The molecular weight excluding hydrogens is 517 g/mol. The van der Waals surface area contributed by atoms with Crippen molar-refractivity contribution in [2.75, 3.05) is 6.54 Å². The molecule has 0 aliphatic carbocycles. The van der Waals surface area contributed by atoms with E-state index in [0.717, 1.165) is 23.9 Å². The van der Waals surface area contributed by atoms with E-state index in [1.165, 1.54) is 17.0 Å². The van der Waals surface area contributed by atoms with Gasteiger partial charge in [0.15, 0.2) is 11.5 Å². The van der Waals surface area contributed by atoms with E-state index >= 15 is 0 Å². The Labute approximate surface area is 231 Å². The van der Waals surface area contributed by atoms with Gasteiger partial charge in [-0.2, -0.15) is 13.2 Å². The summed E-state index contributed by atoms with van der Waals surface area (Å²) in [6, 6.07) is 13.2. The molecule has 10 heteroatoms. The minimum absolute atomic E-state index is 0.00669. The summed E-state index contributed by atoms with van der Waals surface area (Å²) in [5, 5.41) is 0. The Hall–Kier alpha value is -4.08. The zero-order valence-electron chi connectivity index (χ0n) is 22.7. The van der Waals surface area contributed by atoms with E-state index in [9.17, 15) is 18.0 Å². The summed E-state index contributed by atoms with van der Waals surface area (Å²) in [6.45, 7) is 9.65. The molecule has 2 aliphatic rings. The van der Waals surface area contributed by atoms with Gasteiger partial charge in [-0.15, -0.1) is 0 Å². The summed E-state index contributed by atoms with van der Waals surface area (Å²) in [5.74, 6) is 0.887. The molecule has 0 saturated carbocycles. The Morgan fingerprint density at radius 1 is 1.15 bits per heavy atom. The third kappa shape index (κ3) is 5.10. The predicted molar refractivity (Wildman–Crippen MR) is 147 cm³/mol. The second kappa shape index (κ2) is 10.5. The number of nitrogens with two attached hydrogens (primary N) is 1. The molecule has 0 saturated heterocycles. The lowest BCUT2D eigenvalue weighted by molar-refractivity contribution is -0.138. The molecule has 3 heterocycles. The van der Waals surface area contributed by atoms with Gasteiger partial charge in [-0.25, -0.2) is 9.98 Å². The van der Waals surface area contributed by atoms with E-state index in [2.05, 4.69) is 30.4 Å². The van der Waals surface area contributed by atoms with E-state index in [-0.39, 0.29) is 29.7 Å². The highest BCUT2D eigenvalue weighted by molar-refractivity contribution is 6.07. The van der Waals surface area contributed by atoms with Crippen LogP contribution in [0.25, 0.3) is 5.70 Å². The molecule has 1 amide bonds. The van der Waals surface area contributed by atoms with Gasteiger partial charge in [0.1, 0.15) is 5.82 Å². The molecule has 0 fully saturated rings. The van der Waals surface area contributed by atoms with E-state index < -0.39 is 17.3 Å². The quantitative estimate of drug-likeness (QED) is 0.409. The van der Waals surface area contributed by atoms with Crippen LogP contribution in [0.15, 0.2) is 72.5 Å². The van der Waals surface area contributed by atoms with Crippen LogP contribution in [0.1, 0.15) is 54.8 Å². The van der Waals surface area contributed by atoms with E-state index in [0.29, 0.717) is 37.5 Å². The SMILES string of the molecule is C=C(c1cc(CN2C(=O)C(CCC(C)C)(c3ccccc3)N=C2N)ccc1C(F)(F)F)N1CCn2ccnc2C1. The average molecular weight is 551 g/mol. The van der Waals surface area contributed by atoms with Crippen molar-refractivity contribution in [2.45, 2.75) is 58.0 Å². The first-order valence-electron chi connectivity index (χ1n) is 13.4. The number of aliphatic imine (C=N–C) groups is 1. The van der Waals surface area contributed by atoms with Crippen molar-refractivity contribution >= 4 is 17.6 Å². The Balaban J connectivity index is 1.46. The van der Waals surface area contributed by atoms with Crippen molar-refractivity contribution in [3.05, 3.63) is 95.6 Å². The van der Waals surface area contributed by atoms with Gasteiger partial charge in [-0.1, -0.05) is 56.8 Å². The standard InChI is InChI=1S/C30H33F3N6O/c1-20(2)11-12-29(23-7-5-4-6-8-23)27(40)39(28(34)36-29)18-22-9-10-25(30(31,32)33)24(17-22)21(3)38-16-15-37-14-13-35-26(37)19-38/h4-10,13-14,17,20H,3,11-12,15-16,18-19H2,1-2H3,(H2,34,36). The van der Waals surface area contributed by atoms with Crippen molar-refractivity contribution in [3.8, 4) is 0 Å². The van der Waals surface area contributed by atoms with Crippen LogP contribution in [-0.2, 0) is 36.1 Å².